The summed E-state index contributed by atoms with van der Waals surface area (Å²) in [4.78, 5) is 24.1. The SMILES string of the molecule is COc1cc(NC(=O)CC(=O)NCc2ccc(C)cc2)cc(OC)c1OC. The average molecular weight is 372 g/mol. The van der Waals surface area contributed by atoms with Crippen LogP contribution in [0.3, 0.4) is 0 Å². The quantitative estimate of drug-likeness (QED) is 0.696. The molecule has 0 aliphatic heterocycles. The molecule has 2 N–H and O–H groups in total. The van der Waals surface area contributed by atoms with Gasteiger partial charge in [0.15, 0.2) is 11.5 Å². The Morgan fingerprint density at radius 2 is 1.48 bits per heavy atom. The first-order valence-corrected chi connectivity index (χ1v) is 8.39. The molecular weight excluding hydrogens is 348 g/mol. The van der Waals surface area contributed by atoms with Crippen molar-refractivity contribution in [1.29, 1.82) is 0 Å². The molecule has 0 spiro atoms. The first-order valence-electron chi connectivity index (χ1n) is 8.39. The summed E-state index contributed by atoms with van der Waals surface area (Å²) in [6.45, 7) is 2.37. The zero-order valence-corrected chi connectivity index (χ0v) is 15.9. The molecule has 144 valence electrons. The third kappa shape index (κ3) is 5.64. The maximum atomic E-state index is 12.1. The highest BCUT2D eigenvalue weighted by Crippen LogP contribution is 2.39. The molecule has 2 aromatic carbocycles. The lowest BCUT2D eigenvalue weighted by Crippen LogP contribution is -2.27. The number of benzene rings is 2. The maximum absolute atomic E-state index is 12.1. The lowest BCUT2D eigenvalue weighted by molar-refractivity contribution is -0.126. The smallest absolute Gasteiger partial charge is 0.233 e. The number of aryl methyl sites for hydroxylation is 1. The summed E-state index contributed by atoms with van der Waals surface area (Å²) in [5, 5.41) is 5.39. The van der Waals surface area contributed by atoms with Crippen LogP contribution in [-0.2, 0) is 16.1 Å². The first kappa shape index (κ1) is 20.1. The van der Waals surface area contributed by atoms with Gasteiger partial charge < -0.3 is 24.8 Å². The number of carbonyl (C=O) groups excluding carboxylic acids is 2. The molecule has 0 heterocycles. The van der Waals surface area contributed by atoms with Crippen LogP contribution in [0, 0.1) is 6.92 Å². The standard InChI is InChI=1S/C20H24N2O5/c1-13-5-7-14(8-6-13)12-21-18(23)11-19(24)22-15-9-16(25-2)20(27-4)17(10-15)26-3/h5-10H,11-12H2,1-4H3,(H,21,23)(H,22,24). The molecule has 0 aliphatic rings. The van der Waals surface area contributed by atoms with Crippen LogP contribution in [0.5, 0.6) is 17.2 Å². The number of amides is 2. The Kier molecular flexibility index (Phi) is 7.05. The molecule has 27 heavy (non-hydrogen) atoms. The number of hydrogen-bond donors (Lipinski definition) is 2. The van der Waals surface area contributed by atoms with Crippen LogP contribution >= 0.6 is 0 Å². The fourth-order valence-corrected chi connectivity index (χ4v) is 2.47. The number of rotatable bonds is 8. The molecule has 0 radical (unpaired) electrons. The van der Waals surface area contributed by atoms with Gasteiger partial charge in [-0.3, -0.25) is 9.59 Å². The second kappa shape index (κ2) is 9.47. The molecule has 0 bridgehead atoms. The van der Waals surface area contributed by atoms with E-state index in [0.717, 1.165) is 11.1 Å². The second-order valence-electron chi connectivity index (χ2n) is 5.90. The highest BCUT2D eigenvalue weighted by atomic mass is 16.5. The van der Waals surface area contributed by atoms with Crippen molar-refractivity contribution in [2.24, 2.45) is 0 Å². The molecule has 0 aliphatic carbocycles. The molecule has 0 saturated heterocycles. The van der Waals surface area contributed by atoms with Crippen molar-refractivity contribution >= 4 is 17.5 Å². The van der Waals surface area contributed by atoms with Crippen molar-refractivity contribution in [3.8, 4) is 17.2 Å². The third-order valence-electron chi connectivity index (χ3n) is 3.88. The summed E-state index contributed by atoms with van der Waals surface area (Å²) in [6.07, 6.45) is -0.289. The topological polar surface area (TPSA) is 85.9 Å². The van der Waals surface area contributed by atoms with Crippen molar-refractivity contribution in [3.05, 3.63) is 47.5 Å². The van der Waals surface area contributed by atoms with Crippen LogP contribution in [-0.4, -0.2) is 33.1 Å². The van der Waals surface area contributed by atoms with Gasteiger partial charge in [0.05, 0.1) is 21.3 Å². The van der Waals surface area contributed by atoms with Crippen LogP contribution in [0.2, 0.25) is 0 Å². The summed E-state index contributed by atoms with van der Waals surface area (Å²) < 4.78 is 15.7. The molecule has 2 amide bonds. The average Bonchev–Trinajstić information content (AvgIpc) is 2.66. The van der Waals surface area contributed by atoms with E-state index in [2.05, 4.69) is 10.6 Å². The van der Waals surface area contributed by atoms with Crippen LogP contribution < -0.4 is 24.8 Å². The molecule has 0 fully saturated rings. The Morgan fingerprint density at radius 3 is 2.00 bits per heavy atom. The normalized spacial score (nSPS) is 10.1. The van der Waals surface area contributed by atoms with Crippen LogP contribution in [0.1, 0.15) is 17.5 Å². The van der Waals surface area contributed by atoms with E-state index in [-0.39, 0.29) is 12.3 Å². The molecule has 0 atom stereocenters. The number of methoxy groups -OCH3 is 3. The highest BCUT2D eigenvalue weighted by Gasteiger charge is 2.15. The summed E-state index contributed by atoms with van der Waals surface area (Å²) in [5.41, 5.74) is 2.56. The summed E-state index contributed by atoms with van der Waals surface area (Å²) >= 11 is 0. The minimum atomic E-state index is -0.439. The van der Waals surface area contributed by atoms with Gasteiger partial charge in [0, 0.05) is 24.4 Å². The molecule has 2 aromatic rings. The van der Waals surface area contributed by atoms with E-state index in [1.165, 1.54) is 21.3 Å². The van der Waals surface area contributed by atoms with Gasteiger partial charge in [0.25, 0.3) is 0 Å². The third-order valence-corrected chi connectivity index (χ3v) is 3.88. The molecular formula is C20H24N2O5. The van der Waals surface area contributed by atoms with Gasteiger partial charge in [-0.05, 0) is 12.5 Å². The molecule has 7 nitrogen and oxygen atoms in total. The number of hydrogen-bond acceptors (Lipinski definition) is 5. The fourth-order valence-electron chi connectivity index (χ4n) is 2.47. The molecule has 0 aromatic heterocycles. The lowest BCUT2D eigenvalue weighted by Gasteiger charge is -2.14. The van der Waals surface area contributed by atoms with Crippen molar-refractivity contribution < 1.29 is 23.8 Å². The largest absolute Gasteiger partial charge is 0.493 e. The number of anilines is 1. The Balaban J connectivity index is 1.94. The second-order valence-corrected chi connectivity index (χ2v) is 5.90. The van der Waals surface area contributed by atoms with E-state index in [0.29, 0.717) is 29.5 Å². The van der Waals surface area contributed by atoms with Crippen molar-refractivity contribution in [1.82, 2.24) is 5.32 Å². The van der Waals surface area contributed by atoms with Gasteiger partial charge in [-0.15, -0.1) is 0 Å². The van der Waals surface area contributed by atoms with Gasteiger partial charge in [-0.25, -0.2) is 0 Å². The van der Waals surface area contributed by atoms with E-state index >= 15 is 0 Å². The van der Waals surface area contributed by atoms with Crippen molar-refractivity contribution in [2.75, 3.05) is 26.6 Å². The minimum absolute atomic E-state index is 0.289. The van der Waals surface area contributed by atoms with Crippen LogP contribution in [0.25, 0.3) is 0 Å². The molecule has 7 heteroatoms. The van der Waals surface area contributed by atoms with E-state index in [9.17, 15) is 9.59 Å². The Bertz CT molecular complexity index is 778. The Labute approximate surface area is 158 Å². The maximum Gasteiger partial charge on any atom is 0.233 e. The van der Waals surface area contributed by atoms with E-state index < -0.39 is 5.91 Å². The monoisotopic (exact) mass is 372 g/mol. The zero-order chi connectivity index (χ0) is 19.8. The lowest BCUT2D eigenvalue weighted by atomic mass is 10.1. The van der Waals surface area contributed by atoms with Gasteiger partial charge >= 0.3 is 0 Å². The van der Waals surface area contributed by atoms with Gasteiger partial charge in [-0.1, -0.05) is 29.8 Å². The van der Waals surface area contributed by atoms with Gasteiger partial charge in [0.1, 0.15) is 6.42 Å². The predicted octanol–water partition coefficient (Wildman–Crippen LogP) is 2.67. The summed E-state index contributed by atoms with van der Waals surface area (Å²) in [7, 11) is 4.47. The molecule has 2 rings (SSSR count). The number of nitrogens with one attached hydrogen (secondary N) is 2. The predicted molar refractivity (Wildman–Crippen MR) is 102 cm³/mol. The number of carbonyl (C=O) groups is 2. The van der Waals surface area contributed by atoms with E-state index in [1.54, 1.807) is 12.1 Å². The summed E-state index contributed by atoms with van der Waals surface area (Å²) in [6, 6.07) is 11.0. The zero-order valence-electron chi connectivity index (χ0n) is 15.9. The molecule has 0 unspecified atom stereocenters. The fraction of sp³-hybridized carbons (Fsp3) is 0.300. The van der Waals surface area contributed by atoms with Crippen molar-refractivity contribution in [2.45, 2.75) is 19.9 Å². The van der Waals surface area contributed by atoms with Gasteiger partial charge in [0.2, 0.25) is 17.6 Å². The summed E-state index contributed by atoms with van der Waals surface area (Å²) in [5.74, 6) is 0.451. The Morgan fingerprint density at radius 1 is 0.889 bits per heavy atom. The van der Waals surface area contributed by atoms with Gasteiger partial charge in [-0.2, -0.15) is 0 Å². The van der Waals surface area contributed by atoms with E-state index in [4.69, 9.17) is 14.2 Å². The first-order chi connectivity index (χ1) is 13.0. The van der Waals surface area contributed by atoms with Crippen molar-refractivity contribution in [3.63, 3.8) is 0 Å². The van der Waals surface area contributed by atoms with E-state index in [1.807, 2.05) is 31.2 Å². The molecule has 0 saturated carbocycles. The Hall–Kier alpha value is -3.22. The number of ether oxygens (including phenoxy) is 3. The highest BCUT2D eigenvalue weighted by molar-refractivity contribution is 6.03. The minimum Gasteiger partial charge on any atom is -0.493 e. The van der Waals surface area contributed by atoms with Crippen LogP contribution in [0.15, 0.2) is 36.4 Å². The van der Waals surface area contributed by atoms with Crippen LogP contribution in [0.4, 0.5) is 5.69 Å².